The highest BCUT2D eigenvalue weighted by molar-refractivity contribution is 7.89. The largest absolute Gasteiger partial charge is 0.418 e. The number of anilines is 2. The molecule has 0 aliphatic carbocycles. The molecule has 0 aromatic heterocycles. The first-order valence-corrected chi connectivity index (χ1v) is 15.4. The number of carbonyl (C=O) groups excluding carboxylic acids is 1. The summed E-state index contributed by atoms with van der Waals surface area (Å²) >= 11 is 0. The van der Waals surface area contributed by atoms with E-state index in [4.69, 9.17) is 0 Å². The first-order valence-electron chi connectivity index (χ1n) is 13.9. The second-order valence-electron chi connectivity index (χ2n) is 10.9. The number of carbonyl (C=O) groups is 1. The molecule has 8 nitrogen and oxygen atoms in total. The fraction of sp³-hybridized carbons (Fsp3) is 0.536. The number of alkyl halides is 3. The van der Waals surface area contributed by atoms with E-state index in [2.05, 4.69) is 9.80 Å². The Morgan fingerprint density at radius 1 is 0.902 bits per heavy atom. The highest BCUT2D eigenvalue weighted by Crippen LogP contribution is 2.38. The fourth-order valence-corrected chi connectivity index (χ4v) is 7.58. The zero-order chi connectivity index (χ0) is 29.4. The molecule has 13 heteroatoms. The molecule has 2 aromatic rings. The summed E-state index contributed by atoms with van der Waals surface area (Å²) in [5, 5.41) is 0. The van der Waals surface area contributed by atoms with Gasteiger partial charge >= 0.3 is 6.18 Å². The number of piperazine rings is 2. The van der Waals surface area contributed by atoms with E-state index < -0.39 is 33.6 Å². The number of hydrogen-bond acceptors (Lipinski definition) is 6. The quantitative estimate of drug-likeness (QED) is 0.476. The summed E-state index contributed by atoms with van der Waals surface area (Å²) in [7, 11) is -3.92. The number of nitrogens with zero attached hydrogens (tertiary/aromatic N) is 5. The number of sulfonamides is 1. The summed E-state index contributed by atoms with van der Waals surface area (Å²) in [4.78, 5) is 20.2. The van der Waals surface area contributed by atoms with Gasteiger partial charge in [-0.05, 0) is 56.2 Å². The summed E-state index contributed by atoms with van der Waals surface area (Å²) in [5.74, 6) is -0.820. The molecule has 2 aromatic carbocycles. The van der Waals surface area contributed by atoms with Crippen molar-refractivity contribution in [2.75, 3.05) is 75.2 Å². The predicted octanol–water partition coefficient (Wildman–Crippen LogP) is 3.49. The molecular formula is C28H35F4N5O3S. The smallest absolute Gasteiger partial charge is 0.369 e. The summed E-state index contributed by atoms with van der Waals surface area (Å²) in [6, 6.07) is 8.67. The average molecular weight is 598 g/mol. The fourth-order valence-electron chi connectivity index (χ4n) is 5.93. The summed E-state index contributed by atoms with van der Waals surface area (Å²) in [6.45, 7) is 6.48. The first kappa shape index (κ1) is 29.6. The third-order valence-electron chi connectivity index (χ3n) is 8.15. The number of benzene rings is 2. The lowest BCUT2D eigenvalue weighted by molar-refractivity contribution is -0.137. The van der Waals surface area contributed by atoms with E-state index in [9.17, 15) is 30.8 Å². The van der Waals surface area contributed by atoms with Crippen LogP contribution in [-0.2, 0) is 21.0 Å². The van der Waals surface area contributed by atoms with Crippen LogP contribution in [0.25, 0.3) is 0 Å². The Balaban J connectivity index is 1.23. The Labute approximate surface area is 238 Å². The molecule has 0 bridgehead atoms. The molecule has 1 amide bonds. The van der Waals surface area contributed by atoms with E-state index in [1.165, 1.54) is 15.3 Å². The lowest BCUT2D eigenvalue weighted by atomic mass is 10.1. The molecule has 3 aliphatic heterocycles. The van der Waals surface area contributed by atoms with Crippen molar-refractivity contribution < 1.29 is 30.8 Å². The van der Waals surface area contributed by atoms with Crippen LogP contribution in [0.3, 0.4) is 0 Å². The molecule has 3 aliphatic rings. The minimum absolute atomic E-state index is 0.00782. The maximum absolute atomic E-state index is 13.7. The van der Waals surface area contributed by atoms with E-state index in [1.54, 1.807) is 19.1 Å². The van der Waals surface area contributed by atoms with Crippen LogP contribution in [0.5, 0.6) is 0 Å². The summed E-state index contributed by atoms with van der Waals surface area (Å²) in [6.07, 6.45) is -2.62. The second-order valence-corrected chi connectivity index (χ2v) is 12.8. The average Bonchev–Trinajstić information content (AvgIpc) is 3.48. The standard InChI is InChI=1S/C28H35F4N5O3S/c1-21-19-36(26-8-7-22(29)17-25(26)28(30,31)32)15-16-37(21)41(39,40)24-6-4-5-23(18-24)34-13-11-33(12-14-34)20-27(38)35-9-2-3-10-35/h4-8,17-18,21H,2-3,9-16,19-20H2,1H3. The zero-order valence-electron chi connectivity index (χ0n) is 23.0. The van der Waals surface area contributed by atoms with E-state index in [1.807, 2.05) is 11.0 Å². The van der Waals surface area contributed by atoms with Crippen LogP contribution in [-0.4, -0.2) is 99.9 Å². The molecule has 3 heterocycles. The molecule has 0 N–H and O–H groups in total. The van der Waals surface area contributed by atoms with Crippen LogP contribution in [0.15, 0.2) is 47.4 Å². The monoisotopic (exact) mass is 597 g/mol. The minimum Gasteiger partial charge on any atom is -0.369 e. The van der Waals surface area contributed by atoms with Crippen molar-refractivity contribution in [3.63, 3.8) is 0 Å². The molecule has 5 rings (SSSR count). The van der Waals surface area contributed by atoms with E-state index >= 15 is 0 Å². The second kappa shape index (κ2) is 11.8. The van der Waals surface area contributed by atoms with Crippen molar-refractivity contribution in [2.45, 2.75) is 36.9 Å². The molecule has 1 atom stereocenters. The van der Waals surface area contributed by atoms with Crippen molar-refractivity contribution in [1.82, 2.24) is 14.1 Å². The number of rotatable bonds is 6. The first-order chi connectivity index (χ1) is 19.4. The van der Waals surface area contributed by atoms with Crippen molar-refractivity contribution >= 4 is 27.3 Å². The maximum atomic E-state index is 13.7. The zero-order valence-corrected chi connectivity index (χ0v) is 23.8. The molecule has 0 radical (unpaired) electrons. The van der Waals surface area contributed by atoms with E-state index in [0.717, 1.165) is 43.8 Å². The number of likely N-dealkylation sites (tertiary alicyclic amines) is 1. The topological polar surface area (TPSA) is 67.4 Å². The molecule has 41 heavy (non-hydrogen) atoms. The Kier molecular flexibility index (Phi) is 8.49. The molecule has 3 saturated heterocycles. The van der Waals surface area contributed by atoms with Crippen LogP contribution in [0.2, 0.25) is 0 Å². The Morgan fingerprint density at radius 3 is 2.24 bits per heavy atom. The Bertz CT molecular complexity index is 1360. The lowest BCUT2D eigenvalue weighted by Gasteiger charge is -2.41. The van der Waals surface area contributed by atoms with Crippen molar-refractivity contribution in [3.05, 3.63) is 53.8 Å². The van der Waals surface area contributed by atoms with Crippen LogP contribution >= 0.6 is 0 Å². The Hall–Kier alpha value is -2.90. The van der Waals surface area contributed by atoms with Gasteiger partial charge in [-0.25, -0.2) is 12.8 Å². The molecule has 224 valence electrons. The normalized spacial score (nSPS) is 21.5. The van der Waals surface area contributed by atoms with Gasteiger partial charge in [0.1, 0.15) is 5.82 Å². The molecular weight excluding hydrogens is 562 g/mol. The van der Waals surface area contributed by atoms with Gasteiger partial charge in [0.05, 0.1) is 17.0 Å². The third-order valence-corrected chi connectivity index (χ3v) is 10.2. The highest BCUT2D eigenvalue weighted by Gasteiger charge is 2.39. The van der Waals surface area contributed by atoms with Gasteiger partial charge in [0, 0.05) is 76.3 Å². The summed E-state index contributed by atoms with van der Waals surface area (Å²) in [5.41, 5.74) is -0.468. The van der Waals surface area contributed by atoms with Gasteiger partial charge in [-0.1, -0.05) is 6.07 Å². The predicted molar refractivity (Wildman–Crippen MR) is 148 cm³/mol. The van der Waals surface area contributed by atoms with E-state index in [0.29, 0.717) is 38.8 Å². The van der Waals surface area contributed by atoms with Crippen molar-refractivity contribution in [1.29, 1.82) is 0 Å². The van der Waals surface area contributed by atoms with Crippen LogP contribution in [0.4, 0.5) is 28.9 Å². The SMILES string of the molecule is CC1CN(c2ccc(F)cc2C(F)(F)F)CCN1S(=O)(=O)c1cccc(N2CCN(CC(=O)N3CCCC3)CC2)c1. The van der Waals surface area contributed by atoms with Crippen molar-refractivity contribution in [2.24, 2.45) is 0 Å². The van der Waals surface area contributed by atoms with Crippen molar-refractivity contribution in [3.8, 4) is 0 Å². The van der Waals surface area contributed by atoms with Gasteiger partial charge < -0.3 is 14.7 Å². The lowest BCUT2D eigenvalue weighted by Crippen LogP contribution is -2.54. The van der Waals surface area contributed by atoms with Gasteiger partial charge in [0.25, 0.3) is 0 Å². The van der Waals surface area contributed by atoms with Crippen LogP contribution < -0.4 is 9.80 Å². The number of halogens is 4. The minimum atomic E-state index is -4.74. The van der Waals surface area contributed by atoms with Gasteiger partial charge in [-0.2, -0.15) is 17.5 Å². The maximum Gasteiger partial charge on any atom is 0.418 e. The molecule has 1 unspecified atom stereocenters. The molecule has 0 spiro atoms. The number of hydrogen-bond donors (Lipinski definition) is 0. The third kappa shape index (κ3) is 6.46. The van der Waals surface area contributed by atoms with Gasteiger partial charge in [-0.3, -0.25) is 9.69 Å². The molecule has 3 fully saturated rings. The van der Waals surface area contributed by atoms with Crippen LogP contribution in [0, 0.1) is 5.82 Å². The highest BCUT2D eigenvalue weighted by atomic mass is 32.2. The molecule has 0 saturated carbocycles. The Morgan fingerprint density at radius 2 is 1.59 bits per heavy atom. The van der Waals surface area contributed by atoms with Gasteiger partial charge in [0.2, 0.25) is 15.9 Å². The van der Waals surface area contributed by atoms with Gasteiger partial charge in [-0.15, -0.1) is 0 Å². The van der Waals surface area contributed by atoms with Crippen LogP contribution in [0.1, 0.15) is 25.3 Å². The van der Waals surface area contributed by atoms with Gasteiger partial charge in [0.15, 0.2) is 0 Å². The summed E-state index contributed by atoms with van der Waals surface area (Å²) < 4.78 is 83.0. The number of amides is 1. The van der Waals surface area contributed by atoms with E-state index in [-0.39, 0.29) is 36.1 Å².